The van der Waals surface area contributed by atoms with E-state index in [1.54, 1.807) is 0 Å². The number of aliphatic hydroxyl groups excluding tert-OH is 1. The van der Waals surface area contributed by atoms with Crippen molar-refractivity contribution in [1.29, 1.82) is 0 Å². The Morgan fingerprint density at radius 1 is 1.53 bits per heavy atom. The van der Waals surface area contributed by atoms with Gasteiger partial charge in [0.05, 0.1) is 12.6 Å². The highest BCUT2D eigenvalue weighted by Crippen LogP contribution is 2.26. The van der Waals surface area contributed by atoms with Crippen LogP contribution in [0.2, 0.25) is 5.02 Å². The molecule has 0 fully saturated rings. The maximum Gasteiger partial charge on any atom is 0.0626 e. The zero-order valence-corrected chi connectivity index (χ0v) is 11.0. The number of hydrogen-bond acceptors (Lipinski definition) is 2. The van der Waals surface area contributed by atoms with E-state index >= 15 is 0 Å². The predicted octanol–water partition coefficient (Wildman–Crippen LogP) is 3.14. The van der Waals surface area contributed by atoms with Gasteiger partial charge < -0.3 is 10.4 Å². The molecule has 84 valence electrons. The van der Waals surface area contributed by atoms with E-state index in [1.807, 2.05) is 18.2 Å². The van der Waals surface area contributed by atoms with E-state index in [0.717, 1.165) is 23.0 Å². The van der Waals surface area contributed by atoms with Crippen molar-refractivity contribution < 1.29 is 5.11 Å². The minimum atomic E-state index is -0.0309. The van der Waals surface area contributed by atoms with Crippen molar-refractivity contribution in [3.05, 3.63) is 33.3 Å². The van der Waals surface area contributed by atoms with Crippen LogP contribution in [0.3, 0.4) is 0 Å². The van der Waals surface area contributed by atoms with E-state index in [0.29, 0.717) is 5.02 Å². The maximum atomic E-state index is 9.28. The van der Waals surface area contributed by atoms with Gasteiger partial charge >= 0.3 is 0 Å². The van der Waals surface area contributed by atoms with Gasteiger partial charge in [-0.05, 0) is 30.7 Å². The molecular formula is C11H15BrClNO. The van der Waals surface area contributed by atoms with Crippen molar-refractivity contribution >= 4 is 27.5 Å². The summed E-state index contributed by atoms with van der Waals surface area (Å²) in [7, 11) is 0. The number of rotatable bonds is 5. The molecule has 0 aliphatic rings. The molecular weight excluding hydrogens is 277 g/mol. The molecule has 1 rings (SSSR count). The zero-order valence-electron chi connectivity index (χ0n) is 8.63. The first-order valence-corrected chi connectivity index (χ1v) is 6.15. The molecule has 0 amide bonds. The lowest BCUT2D eigenvalue weighted by Gasteiger charge is -2.17. The quantitative estimate of drug-likeness (QED) is 0.874. The standard InChI is InChI=1S/C11H15BrClNO/c1-2-5-14-11(7-15)9-4-3-8(13)6-10(9)12/h3-4,6,11,14-15H,2,5,7H2,1H3. The molecule has 1 aromatic carbocycles. The molecule has 1 unspecified atom stereocenters. The third kappa shape index (κ3) is 3.76. The monoisotopic (exact) mass is 291 g/mol. The van der Waals surface area contributed by atoms with E-state index in [-0.39, 0.29) is 12.6 Å². The van der Waals surface area contributed by atoms with Crippen molar-refractivity contribution in [1.82, 2.24) is 5.32 Å². The molecule has 0 bridgehead atoms. The van der Waals surface area contributed by atoms with Crippen LogP contribution in [0, 0.1) is 0 Å². The Balaban J connectivity index is 2.81. The fourth-order valence-corrected chi connectivity index (χ4v) is 2.33. The number of aliphatic hydroxyl groups is 1. The van der Waals surface area contributed by atoms with Crippen LogP contribution in [0.5, 0.6) is 0 Å². The van der Waals surface area contributed by atoms with Gasteiger partial charge in [0.25, 0.3) is 0 Å². The Hall–Kier alpha value is -0.0900. The molecule has 1 atom stereocenters. The van der Waals surface area contributed by atoms with Gasteiger partial charge in [0.1, 0.15) is 0 Å². The van der Waals surface area contributed by atoms with Gasteiger partial charge in [-0.25, -0.2) is 0 Å². The molecule has 0 saturated heterocycles. The highest BCUT2D eigenvalue weighted by Gasteiger charge is 2.12. The minimum Gasteiger partial charge on any atom is -0.394 e. The summed E-state index contributed by atoms with van der Waals surface area (Å²) < 4.78 is 0.928. The van der Waals surface area contributed by atoms with Crippen molar-refractivity contribution in [3.8, 4) is 0 Å². The van der Waals surface area contributed by atoms with Crippen LogP contribution in [0.1, 0.15) is 24.9 Å². The highest BCUT2D eigenvalue weighted by molar-refractivity contribution is 9.10. The van der Waals surface area contributed by atoms with Crippen LogP contribution in [0.25, 0.3) is 0 Å². The van der Waals surface area contributed by atoms with Crippen LogP contribution < -0.4 is 5.32 Å². The molecule has 0 saturated carbocycles. The normalized spacial score (nSPS) is 12.8. The summed E-state index contributed by atoms with van der Waals surface area (Å²) in [5, 5.41) is 13.2. The van der Waals surface area contributed by atoms with E-state index in [1.165, 1.54) is 0 Å². The van der Waals surface area contributed by atoms with Crippen molar-refractivity contribution in [2.45, 2.75) is 19.4 Å². The Morgan fingerprint density at radius 3 is 2.80 bits per heavy atom. The molecule has 0 heterocycles. The second-order valence-electron chi connectivity index (χ2n) is 3.36. The molecule has 2 N–H and O–H groups in total. The third-order valence-electron chi connectivity index (χ3n) is 2.16. The molecule has 15 heavy (non-hydrogen) atoms. The summed E-state index contributed by atoms with van der Waals surface area (Å²) in [5.41, 5.74) is 1.04. The molecule has 1 aromatic rings. The molecule has 0 radical (unpaired) electrons. The number of benzene rings is 1. The number of hydrogen-bond donors (Lipinski definition) is 2. The van der Waals surface area contributed by atoms with Crippen molar-refractivity contribution in [2.24, 2.45) is 0 Å². The summed E-state index contributed by atoms with van der Waals surface area (Å²) in [6, 6.07) is 5.57. The van der Waals surface area contributed by atoms with E-state index in [2.05, 4.69) is 28.2 Å². The van der Waals surface area contributed by atoms with Gasteiger partial charge in [-0.3, -0.25) is 0 Å². The topological polar surface area (TPSA) is 32.3 Å². The van der Waals surface area contributed by atoms with E-state index in [9.17, 15) is 5.11 Å². The smallest absolute Gasteiger partial charge is 0.0626 e. The Labute approximate surface area is 104 Å². The summed E-state index contributed by atoms with van der Waals surface area (Å²) in [5.74, 6) is 0. The molecule has 0 aliphatic heterocycles. The second-order valence-corrected chi connectivity index (χ2v) is 4.65. The van der Waals surface area contributed by atoms with Crippen LogP contribution in [0.4, 0.5) is 0 Å². The predicted molar refractivity (Wildman–Crippen MR) is 67.3 cm³/mol. The van der Waals surface area contributed by atoms with Crippen LogP contribution in [-0.4, -0.2) is 18.3 Å². The third-order valence-corrected chi connectivity index (χ3v) is 3.08. The van der Waals surface area contributed by atoms with E-state index < -0.39 is 0 Å². The first kappa shape index (κ1) is 13.0. The van der Waals surface area contributed by atoms with Gasteiger partial charge in [0.2, 0.25) is 0 Å². The number of nitrogens with one attached hydrogen (secondary N) is 1. The largest absolute Gasteiger partial charge is 0.394 e. The molecule has 2 nitrogen and oxygen atoms in total. The summed E-state index contributed by atoms with van der Waals surface area (Å²) in [4.78, 5) is 0. The fraction of sp³-hybridized carbons (Fsp3) is 0.455. The average molecular weight is 293 g/mol. The first-order chi connectivity index (χ1) is 7.19. The molecule has 0 aromatic heterocycles. The molecule has 0 spiro atoms. The first-order valence-electron chi connectivity index (χ1n) is 4.98. The summed E-state index contributed by atoms with van der Waals surface area (Å²) in [6.45, 7) is 3.07. The fourth-order valence-electron chi connectivity index (χ4n) is 1.38. The number of halogens is 2. The lowest BCUT2D eigenvalue weighted by molar-refractivity contribution is 0.244. The van der Waals surface area contributed by atoms with Crippen LogP contribution >= 0.6 is 27.5 Å². The second kappa shape index (κ2) is 6.48. The van der Waals surface area contributed by atoms with Gasteiger partial charge in [-0.1, -0.05) is 40.5 Å². The molecule has 0 aliphatic carbocycles. The Kier molecular flexibility index (Phi) is 5.61. The van der Waals surface area contributed by atoms with Gasteiger partial charge in [-0.15, -0.1) is 0 Å². The van der Waals surface area contributed by atoms with Gasteiger partial charge in [0.15, 0.2) is 0 Å². The van der Waals surface area contributed by atoms with Crippen LogP contribution in [-0.2, 0) is 0 Å². The van der Waals surface area contributed by atoms with Gasteiger partial charge in [0, 0.05) is 9.50 Å². The van der Waals surface area contributed by atoms with Gasteiger partial charge in [-0.2, -0.15) is 0 Å². The zero-order chi connectivity index (χ0) is 11.3. The maximum absolute atomic E-state index is 9.28. The lowest BCUT2D eigenvalue weighted by atomic mass is 10.1. The highest BCUT2D eigenvalue weighted by atomic mass is 79.9. The SMILES string of the molecule is CCCNC(CO)c1ccc(Cl)cc1Br. The Morgan fingerprint density at radius 2 is 2.27 bits per heavy atom. The van der Waals surface area contributed by atoms with Crippen molar-refractivity contribution in [3.63, 3.8) is 0 Å². The molecule has 4 heteroatoms. The minimum absolute atomic E-state index is 0.0309. The summed E-state index contributed by atoms with van der Waals surface area (Å²) >= 11 is 9.30. The lowest BCUT2D eigenvalue weighted by Crippen LogP contribution is -2.25. The van der Waals surface area contributed by atoms with Crippen molar-refractivity contribution in [2.75, 3.05) is 13.2 Å². The van der Waals surface area contributed by atoms with Crippen LogP contribution in [0.15, 0.2) is 22.7 Å². The Bertz CT molecular complexity index is 319. The van der Waals surface area contributed by atoms with E-state index in [4.69, 9.17) is 11.6 Å². The average Bonchev–Trinajstić information content (AvgIpc) is 2.21. The summed E-state index contributed by atoms with van der Waals surface area (Å²) in [6.07, 6.45) is 1.04.